The van der Waals surface area contributed by atoms with E-state index >= 15 is 0 Å². The zero-order valence-electron chi connectivity index (χ0n) is 18.8. The number of nitrogens with one attached hydrogen (secondary N) is 4. The minimum atomic E-state index is -0.736. The van der Waals surface area contributed by atoms with E-state index in [-0.39, 0.29) is 0 Å². The van der Waals surface area contributed by atoms with Crippen LogP contribution in [-0.2, 0) is 6.42 Å². The minimum absolute atomic E-state index is 0.464. The van der Waals surface area contributed by atoms with Crippen molar-refractivity contribution >= 4 is 39.1 Å². The summed E-state index contributed by atoms with van der Waals surface area (Å²) in [5, 5.41) is 20.4. The predicted octanol–water partition coefficient (Wildman–Crippen LogP) is 2.68. The summed E-state index contributed by atoms with van der Waals surface area (Å²) < 4.78 is 0.790. The van der Waals surface area contributed by atoms with Gasteiger partial charge < -0.3 is 30.9 Å². The van der Waals surface area contributed by atoms with Crippen LogP contribution >= 0.6 is 15.9 Å². The van der Waals surface area contributed by atoms with E-state index in [1.165, 1.54) is 0 Å². The molecule has 1 saturated heterocycles. The largest absolute Gasteiger partial charge is 0.369 e. The molecule has 0 aliphatic carbocycles. The SMILES string of the molecule is CN(C)[C@H]1CCN(C(O)Nc2cccc(Nc3ncc(Br)c(NCCc4cnc[nH]4)n3)c2)C1. The maximum Gasteiger partial charge on any atom is 0.229 e. The average Bonchev–Trinajstić information content (AvgIpc) is 3.49. The predicted molar refractivity (Wildman–Crippen MR) is 134 cm³/mol. The number of H-pyrrole nitrogens is 1. The molecule has 0 amide bonds. The van der Waals surface area contributed by atoms with Gasteiger partial charge in [-0.1, -0.05) is 6.07 Å². The van der Waals surface area contributed by atoms with Crippen molar-refractivity contribution in [2.24, 2.45) is 0 Å². The van der Waals surface area contributed by atoms with Crippen LogP contribution in [-0.4, -0.2) is 81.0 Å². The van der Waals surface area contributed by atoms with Crippen LogP contribution in [0.2, 0.25) is 0 Å². The fraction of sp³-hybridized carbons (Fsp3) is 0.409. The highest BCUT2D eigenvalue weighted by Gasteiger charge is 2.28. The third kappa shape index (κ3) is 6.41. The molecule has 0 radical (unpaired) electrons. The van der Waals surface area contributed by atoms with Crippen LogP contribution in [0.15, 0.2) is 47.5 Å². The standard InChI is InChI=1S/C22H30BrN9O/c1-31(2)18-7-9-32(13-18)22(33)29-16-5-3-4-15(10-16)28-21-26-12-19(23)20(30-21)25-8-6-17-11-24-14-27-17/h3-5,10-12,14,18,22,29,33H,6-9,13H2,1-2H3,(H,24,27)(H2,25,26,28,30)/t18-,22?/m0/s1. The van der Waals surface area contributed by atoms with Gasteiger partial charge in [0, 0.05) is 61.6 Å². The molecule has 2 atom stereocenters. The maximum atomic E-state index is 10.6. The van der Waals surface area contributed by atoms with Gasteiger partial charge in [0.25, 0.3) is 0 Å². The van der Waals surface area contributed by atoms with Crippen LogP contribution in [0.3, 0.4) is 0 Å². The van der Waals surface area contributed by atoms with Gasteiger partial charge in [0.15, 0.2) is 6.35 Å². The van der Waals surface area contributed by atoms with Crippen LogP contribution in [0.25, 0.3) is 0 Å². The lowest BCUT2D eigenvalue weighted by molar-refractivity contribution is 0.0401. The monoisotopic (exact) mass is 515 g/mol. The Morgan fingerprint density at radius 2 is 2.15 bits per heavy atom. The lowest BCUT2D eigenvalue weighted by Crippen LogP contribution is -2.41. The van der Waals surface area contributed by atoms with Gasteiger partial charge in [0.05, 0.1) is 10.8 Å². The Labute approximate surface area is 202 Å². The number of hydrogen-bond acceptors (Lipinski definition) is 9. The number of halogens is 1. The second-order valence-corrected chi connectivity index (χ2v) is 9.12. The van der Waals surface area contributed by atoms with Gasteiger partial charge in [-0.3, -0.25) is 4.90 Å². The maximum absolute atomic E-state index is 10.6. The number of benzene rings is 1. The van der Waals surface area contributed by atoms with Gasteiger partial charge in [-0.15, -0.1) is 0 Å². The lowest BCUT2D eigenvalue weighted by Gasteiger charge is -2.26. The number of rotatable bonds is 10. The number of aliphatic hydroxyl groups excluding tert-OH is 1. The summed E-state index contributed by atoms with van der Waals surface area (Å²) in [6.07, 6.45) is 6.32. The Morgan fingerprint density at radius 1 is 1.30 bits per heavy atom. The number of likely N-dealkylation sites (N-methyl/N-ethyl adjacent to an activating group) is 1. The van der Waals surface area contributed by atoms with Gasteiger partial charge in [0.2, 0.25) is 5.95 Å². The fourth-order valence-electron chi connectivity index (χ4n) is 3.76. The number of aromatic amines is 1. The van der Waals surface area contributed by atoms with Gasteiger partial charge in [-0.05, 0) is 54.6 Å². The van der Waals surface area contributed by atoms with Crippen molar-refractivity contribution in [2.75, 3.05) is 49.7 Å². The molecule has 1 aliphatic rings. The first-order chi connectivity index (χ1) is 16.0. The van der Waals surface area contributed by atoms with Crippen LogP contribution in [0.4, 0.5) is 23.1 Å². The first kappa shape index (κ1) is 23.4. The second-order valence-electron chi connectivity index (χ2n) is 8.27. The molecule has 4 rings (SSSR count). The molecule has 0 bridgehead atoms. The summed E-state index contributed by atoms with van der Waals surface area (Å²) >= 11 is 3.50. The summed E-state index contributed by atoms with van der Waals surface area (Å²) in [6, 6.07) is 8.18. The molecule has 0 spiro atoms. The molecule has 176 valence electrons. The van der Waals surface area contributed by atoms with Crippen molar-refractivity contribution in [1.29, 1.82) is 0 Å². The van der Waals surface area contributed by atoms with Crippen LogP contribution in [0, 0.1) is 0 Å². The fourth-order valence-corrected chi connectivity index (χ4v) is 4.09. The van der Waals surface area contributed by atoms with Crippen molar-refractivity contribution in [2.45, 2.75) is 25.2 Å². The molecule has 5 N–H and O–H groups in total. The first-order valence-corrected chi connectivity index (χ1v) is 11.7. The summed E-state index contributed by atoms with van der Waals surface area (Å²) in [5.74, 6) is 1.19. The van der Waals surface area contributed by atoms with E-state index in [2.05, 4.69) is 70.8 Å². The van der Waals surface area contributed by atoms with Crippen molar-refractivity contribution in [3.8, 4) is 0 Å². The number of nitrogens with zero attached hydrogens (tertiary/aromatic N) is 5. The number of anilines is 4. The van der Waals surface area contributed by atoms with Crippen molar-refractivity contribution in [3.05, 3.63) is 53.2 Å². The van der Waals surface area contributed by atoms with E-state index in [0.29, 0.717) is 24.4 Å². The molecule has 33 heavy (non-hydrogen) atoms. The first-order valence-electron chi connectivity index (χ1n) is 10.9. The molecule has 1 aromatic carbocycles. The molecule has 1 unspecified atom stereocenters. The van der Waals surface area contributed by atoms with Crippen LogP contribution < -0.4 is 16.0 Å². The molecule has 1 aliphatic heterocycles. The van der Waals surface area contributed by atoms with Crippen LogP contribution in [0.1, 0.15) is 12.1 Å². The van der Waals surface area contributed by atoms with E-state index in [1.54, 1.807) is 12.5 Å². The third-order valence-electron chi connectivity index (χ3n) is 5.67. The van der Waals surface area contributed by atoms with Gasteiger partial charge >= 0.3 is 0 Å². The molecule has 0 saturated carbocycles. The summed E-state index contributed by atoms with van der Waals surface area (Å²) in [6.45, 7) is 2.40. The molecule has 1 fully saturated rings. The van der Waals surface area contributed by atoms with Crippen molar-refractivity contribution in [3.63, 3.8) is 0 Å². The summed E-state index contributed by atoms with van der Waals surface area (Å²) in [7, 11) is 4.15. The molecule has 2 aromatic heterocycles. The zero-order valence-corrected chi connectivity index (χ0v) is 20.4. The van der Waals surface area contributed by atoms with Gasteiger partial charge in [0.1, 0.15) is 5.82 Å². The Bertz CT molecular complexity index is 1030. The lowest BCUT2D eigenvalue weighted by atomic mass is 10.2. The van der Waals surface area contributed by atoms with Crippen LogP contribution in [0.5, 0.6) is 0 Å². The van der Waals surface area contributed by atoms with E-state index in [1.807, 2.05) is 35.4 Å². The minimum Gasteiger partial charge on any atom is -0.369 e. The highest BCUT2D eigenvalue weighted by atomic mass is 79.9. The Morgan fingerprint density at radius 3 is 2.91 bits per heavy atom. The molecule has 10 nitrogen and oxygen atoms in total. The molecule has 3 heterocycles. The second kappa shape index (κ2) is 10.9. The molecule has 3 aromatic rings. The van der Waals surface area contributed by atoms with E-state index < -0.39 is 6.35 Å². The Kier molecular flexibility index (Phi) is 7.76. The summed E-state index contributed by atoms with van der Waals surface area (Å²) in [5.41, 5.74) is 2.70. The number of aliphatic hydroxyl groups is 1. The quantitative estimate of drug-likeness (QED) is 0.259. The highest BCUT2D eigenvalue weighted by Crippen LogP contribution is 2.24. The zero-order chi connectivity index (χ0) is 23.2. The van der Waals surface area contributed by atoms with Gasteiger partial charge in [-0.2, -0.15) is 4.98 Å². The smallest absolute Gasteiger partial charge is 0.229 e. The van der Waals surface area contributed by atoms with Gasteiger partial charge in [-0.25, -0.2) is 9.97 Å². The highest BCUT2D eigenvalue weighted by molar-refractivity contribution is 9.10. The number of hydrogen-bond donors (Lipinski definition) is 5. The Balaban J connectivity index is 1.35. The Hall–Kier alpha value is -2.73. The molecular formula is C22H30BrN9O. The van der Waals surface area contributed by atoms with Crippen molar-refractivity contribution in [1.82, 2.24) is 29.7 Å². The number of imidazole rings is 1. The number of likely N-dealkylation sites (tertiary alicyclic amines) is 1. The molecule has 11 heteroatoms. The van der Waals surface area contributed by atoms with E-state index in [9.17, 15) is 5.11 Å². The summed E-state index contributed by atoms with van der Waals surface area (Å²) in [4.78, 5) is 20.3. The topological polar surface area (TPSA) is 117 Å². The van der Waals surface area contributed by atoms with E-state index in [4.69, 9.17) is 0 Å². The number of aromatic nitrogens is 4. The normalized spacial score (nSPS) is 17.3. The van der Waals surface area contributed by atoms with E-state index in [0.717, 1.165) is 47.5 Å². The average molecular weight is 516 g/mol. The third-order valence-corrected chi connectivity index (χ3v) is 6.25. The molecular weight excluding hydrogens is 486 g/mol. The van der Waals surface area contributed by atoms with Crippen molar-refractivity contribution < 1.29 is 5.11 Å².